The first kappa shape index (κ1) is 14.9. The highest BCUT2D eigenvalue weighted by Gasteiger charge is 2.21. The number of anilines is 1. The number of hydrogen-bond donors (Lipinski definition) is 0. The van der Waals surface area contributed by atoms with E-state index in [1.165, 1.54) is 0 Å². The van der Waals surface area contributed by atoms with Crippen molar-refractivity contribution in [2.45, 2.75) is 13.0 Å². The van der Waals surface area contributed by atoms with Gasteiger partial charge >= 0.3 is 0 Å². The molecule has 2 aromatic rings. The van der Waals surface area contributed by atoms with E-state index in [9.17, 15) is 10.1 Å². The van der Waals surface area contributed by atoms with Crippen LogP contribution in [0.4, 0.5) is 11.4 Å². The summed E-state index contributed by atoms with van der Waals surface area (Å²) in [4.78, 5) is 19.7. The van der Waals surface area contributed by atoms with E-state index in [4.69, 9.17) is 0 Å². The van der Waals surface area contributed by atoms with Gasteiger partial charge in [-0.25, -0.2) is 4.98 Å². The minimum absolute atomic E-state index is 0.190. The lowest BCUT2D eigenvalue weighted by molar-refractivity contribution is -0.384. The van der Waals surface area contributed by atoms with Crippen molar-refractivity contribution in [2.24, 2.45) is 0 Å². The Balaban J connectivity index is 1.69. The Hall–Kier alpha value is -1.99. The number of hydrogen-bond acceptors (Lipinski definition) is 6. The number of thiazole rings is 1. The van der Waals surface area contributed by atoms with Crippen LogP contribution in [-0.2, 0) is 6.54 Å². The zero-order valence-corrected chi connectivity index (χ0v) is 13.0. The van der Waals surface area contributed by atoms with Crippen LogP contribution in [0.3, 0.4) is 0 Å². The summed E-state index contributed by atoms with van der Waals surface area (Å²) in [5.41, 5.74) is 3.87. The topological polar surface area (TPSA) is 62.5 Å². The summed E-state index contributed by atoms with van der Waals surface area (Å²) in [5.74, 6) is 0. The Morgan fingerprint density at radius 3 is 2.86 bits per heavy atom. The molecule has 22 heavy (non-hydrogen) atoms. The summed E-state index contributed by atoms with van der Waals surface area (Å²) in [6, 6.07) is 7.00. The lowest BCUT2D eigenvalue weighted by Gasteiger charge is -2.23. The molecule has 7 heteroatoms. The fourth-order valence-corrected chi connectivity index (χ4v) is 3.35. The van der Waals surface area contributed by atoms with Gasteiger partial charge in [-0.2, -0.15) is 0 Å². The van der Waals surface area contributed by atoms with Crippen LogP contribution in [0.2, 0.25) is 0 Å². The number of nitro benzene ring substituents is 1. The minimum atomic E-state index is -0.298. The predicted octanol–water partition coefficient (Wildman–Crippen LogP) is 2.76. The fraction of sp³-hybridized carbons (Fsp3) is 0.400. The smallest absolute Gasteiger partial charge is 0.292 e. The molecule has 0 bridgehead atoms. The molecule has 1 aromatic carbocycles. The highest BCUT2D eigenvalue weighted by Crippen LogP contribution is 2.28. The molecule has 1 saturated heterocycles. The van der Waals surface area contributed by atoms with E-state index < -0.39 is 0 Å². The maximum absolute atomic E-state index is 11.2. The first-order chi connectivity index (χ1) is 10.7. The molecule has 0 N–H and O–H groups in total. The SMILES string of the molecule is O=[N+]([O-])c1ccccc1N1CCCN(Cc2cscn2)CC1. The van der Waals surface area contributed by atoms with Crippen LogP contribution < -0.4 is 4.90 Å². The first-order valence-corrected chi connectivity index (χ1v) is 8.26. The molecule has 0 radical (unpaired) electrons. The van der Waals surface area contributed by atoms with Gasteiger partial charge in [0.05, 0.1) is 16.1 Å². The average Bonchev–Trinajstić information content (AvgIpc) is 2.92. The maximum atomic E-state index is 11.2. The molecule has 0 aliphatic carbocycles. The van der Waals surface area contributed by atoms with Crippen molar-refractivity contribution in [2.75, 3.05) is 31.1 Å². The monoisotopic (exact) mass is 318 g/mol. The second kappa shape index (κ2) is 6.85. The van der Waals surface area contributed by atoms with Gasteiger partial charge in [0.15, 0.2) is 0 Å². The van der Waals surface area contributed by atoms with Gasteiger partial charge in [0.25, 0.3) is 5.69 Å². The Labute approximate surface area is 133 Å². The van der Waals surface area contributed by atoms with Crippen LogP contribution >= 0.6 is 11.3 Å². The molecule has 3 rings (SSSR count). The zero-order valence-electron chi connectivity index (χ0n) is 12.2. The third-order valence-corrected chi connectivity index (χ3v) is 4.51. The normalized spacial score (nSPS) is 16.5. The fourth-order valence-electron chi connectivity index (χ4n) is 2.80. The van der Waals surface area contributed by atoms with Crippen LogP contribution in [0.1, 0.15) is 12.1 Å². The van der Waals surface area contributed by atoms with Crippen molar-refractivity contribution >= 4 is 22.7 Å². The van der Waals surface area contributed by atoms with Gasteiger partial charge in [0.1, 0.15) is 5.69 Å². The van der Waals surface area contributed by atoms with Gasteiger partial charge in [-0.1, -0.05) is 12.1 Å². The molecule has 1 aromatic heterocycles. The number of aromatic nitrogens is 1. The van der Waals surface area contributed by atoms with Gasteiger partial charge in [-0.05, 0) is 12.5 Å². The lowest BCUT2D eigenvalue weighted by Crippen LogP contribution is -2.30. The molecule has 1 aliphatic rings. The van der Waals surface area contributed by atoms with E-state index in [2.05, 4.69) is 20.2 Å². The second-order valence-electron chi connectivity index (χ2n) is 5.34. The van der Waals surface area contributed by atoms with E-state index in [0.717, 1.165) is 50.5 Å². The number of para-hydroxylation sites is 2. The van der Waals surface area contributed by atoms with Crippen LogP contribution in [0.5, 0.6) is 0 Å². The van der Waals surface area contributed by atoms with Crippen molar-refractivity contribution in [3.63, 3.8) is 0 Å². The van der Waals surface area contributed by atoms with Gasteiger partial charge in [0.2, 0.25) is 0 Å². The molecule has 2 heterocycles. The number of rotatable bonds is 4. The largest absolute Gasteiger partial charge is 0.365 e. The lowest BCUT2D eigenvalue weighted by atomic mass is 10.2. The minimum Gasteiger partial charge on any atom is -0.365 e. The van der Waals surface area contributed by atoms with Crippen molar-refractivity contribution in [1.82, 2.24) is 9.88 Å². The van der Waals surface area contributed by atoms with Crippen LogP contribution in [-0.4, -0.2) is 41.0 Å². The molecular weight excluding hydrogens is 300 g/mol. The first-order valence-electron chi connectivity index (χ1n) is 7.32. The van der Waals surface area contributed by atoms with Gasteiger partial charge in [-0.3, -0.25) is 15.0 Å². The van der Waals surface area contributed by atoms with Crippen LogP contribution in [0.25, 0.3) is 0 Å². The molecule has 0 atom stereocenters. The predicted molar refractivity (Wildman–Crippen MR) is 87.3 cm³/mol. The highest BCUT2D eigenvalue weighted by atomic mass is 32.1. The summed E-state index contributed by atoms with van der Waals surface area (Å²) in [7, 11) is 0. The third kappa shape index (κ3) is 3.42. The van der Waals surface area contributed by atoms with Gasteiger partial charge in [0, 0.05) is 44.2 Å². The van der Waals surface area contributed by atoms with E-state index in [0.29, 0.717) is 0 Å². The maximum Gasteiger partial charge on any atom is 0.292 e. The van der Waals surface area contributed by atoms with Crippen molar-refractivity contribution in [3.8, 4) is 0 Å². The van der Waals surface area contributed by atoms with E-state index in [1.807, 2.05) is 17.6 Å². The summed E-state index contributed by atoms with van der Waals surface area (Å²) in [6.45, 7) is 4.39. The molecule has 116 valence electrons. The molecule has 0 spiro atoms. The number of nitro groups is 1. The molecule has 6 nitrogen and oxygen atoms in total. The summed E-state index contributed by atoms with van der Waals surface area (Å²) in [6.07, 6.45) is 0.996. The molecule has 0 saturated carbocycles. The molecule has 0 unspecified atom stereocenters. The van der Waals surface area contributed by atoms with Crippen molar-refractivity contribution in [3.05, 3.63) is 51.0 Å². The summed E-state index contributed by atoms with van der Waals surface area (Å²) in [5, 5.41) is 13.3. The van der Waals surface area contributed by atoms with E-state index in [-0.39, 0.29) is 10.6 Å². The van der Waals surface area contributed by atoms with Crippen LogP contribution in [0.15, 0.2) is 35.2 Å². The molecule has 1 aliphatic heterocycles. The molecular formula is C15H18N4O2S. The number of nitrogens with zero attached hydrogens (tertiary/aromatic N) is 4. The quantitative estimate of drug-likeness (QED) is 0.641. The van der Waals surface area contributed by atoms with Gasteiger partial charge < -0.3 is 4.90 Å². The summed E-state index contributed by atoms with van der Waals surface area (Å²) < 4.78 is 0. The van der Waals surface area contributed by atoms with Crippen LogP contribution in [0, 0.1) is 10.1 Å². The average molecular weight is 318 g/mol. The molecule has 0 amide bonds. The van der Waals surface area contributed by atoms with Crippen molar-refractivity contribution in [1.29, 1.82) is 0 Å². The second-order valence-corrected chi connectivity index (χ2v) is 6.06. The van der Waals surface area contributed by atoms with E-state index in [1.54, 1.807) is 23.5 Å². The standard InChI is InChI=1S/C15H18N4O2S/c20-19(21)15-5-2-1-4-14(15)18-7-3-6-17(8-9-18)10-13-11-22-12-16-13/h1-2,4-5,11-12H,3,6-10H2. The van der Waals surface area contributed by atoms with Crippen molar-refractivity contribution < 1.29 is 4.92 Å². The summed E-state index contributed by atoms with van der Waals surface area (Å²) >= 11 is 1.61. The Morgan fingerprint density at radius 2 is 2.09 bits per heavy atom. The Morgan fingerprint density at radius 1 is 1.23 bits per heavy atom. The Kier molecular flexibility index (Phi) is 4.65. The third-order valence-electron chi connectivity index (χ3n) is 3.88. The Bertz CT molecular complexity index is 632. The highest BCUT2D eigenvalue weighted by molar-refractivity contribution is 7.07. The number of benzene rings is 1. The van der Waals surface area contributed by atoms with E-state index >= 15 is 0 Å². The molecule has 1 fully saturated rings. The van der Waals surface area contributed by atoms with Gasteiger partial charge in [-0.15, -0.1) is 11.3 Å². The zero-order chi connectivity index (χ0) is 15.4.